The average molecular weight is 1210 g/mol. The number of hydrogen-bond donors (Lipinski definition) is 1. The minimum atomic E-state index is -4.42. The number of phosphoric ester groups is 1. The van der Waals surface area contributed by atoms with Gasteiger partial charge in [-0.3, -0.25) is 18.6 Å². The predicted molar refractivity (Wildman–Crippen MR) is 371 cm³/mol. The molecule has 10 heteroatoms. The van der Waals surface area contributed by atoms with E-state index >= 15 is 0 Å². The van der Waals surface area contributed by atoms with Gasteiger partial charge in [0.15, 0.2) is 6.10 Å². The number of likely N-dealkylation sites (N-methyl/N-ethyl adjacent to an activating group) is 1. The molecule has 0 bridgehead atoms. The van der Waals surface area contributed by atoms with Crippen LogP contribution in [0.5, 0.6) is 0 Å². The molecule has 2 unspecified atom stereocenters. The molecule has 0 aliphatic carbocycles. The van der Waals surface area contributed by atoms with Crippen molar-refractivity contribution in [3.63, 3.8) is 0 Å². The topological polar surface area (TPSA) is 108 Å². The Labute approximate surface area is 526 Å². The zero-order valence-corrected chi connectivity index (χ0v) is 55.6. The van der Waals surface area contributed by atoms with Gasteiger partial charge < -0.3 is 18.9 Å². The molecule has 0 fully saturated rings. The number of carbonyl (C=O) groups excluding carboxylic acids is 2. The van der Waals surface area contributed by atoms with Crippen LogP contribution in [-0.2, 0) is 32.7 Å². The molecule has 482 valence electrons. The zero-order valence-electron chi connectivity index (χ0n) is 54.7. The van der Waals surface area contributed by atoms with Crippen molar-refractivity contribution in [1.82, 2.24) is 0 Å². The van der Waals surface area contributed by atoms with E-state index in [4.69, 9.17) is 18.5 Å². The molecular formula is C76H121NO8P+. The summed E-state index contributed by atoms with van der Waals surface area (Å²) in [4.78, 5) is 35.8. The first-order chi connectivity index (χ1) is 42.0. The van der Waals surface area contributed by atoms with Gasteiger partial charge in [-0.05, 0) is 141 Å². The standard InChI is InChI=1S/C76H120NO8P/c1-6-8-10-12-14-16-18-20-22-24-26-28-30-32-34-36-37-38-39-41-43-45-47-49-51-53-55-57-59-61-63-65-67-69-76(79)85-74(73-84-86(80,81)83-71-70-77(3,4)5)72-82-75(78)68-66-64-62-60-58-56-54-52-50-48-46-44-42-40-35-33-31-29-27-25-23-21-19-17-15-13-11-9-7-2/h8-11,14-17,20-23,26-29,32-35,37-38,41-44,47-50,54,56,74H,6-7,12-13,18-19,24-25,30-31,36,39-40,45-46,51-53,55,57-73H2,1-5H3/p+1/b10-8-,11-9-,16-14-,17-15-,22-20-,23-21-,28-26-,29-27-,34-32-,35-33-,38-37-,43-41-,44-42-,49-47-,50-48-,56-54-. The summed E-state index contributed by atoms with van der Waals surface area (Å²) < 4.78 is 34.6. The van der Waals surface area contributed by atoms with Gasteiger partial charge in [0.05, 0.1) is 27.7 Å². The lowest BCUT2D eigenvalue weighted by molar-refractivity contribution is -0.870. The molecular weight excluding hydrogens is 1090 g/mol. The van der Waals surface area contributed by atoms with Gasteiger partial charge in [-0.2, -0.15) is 0 Å². The molecule has 1 N–H and O–H groups in total. The number of allylic oxidation sites excluding steroid dienone is 32. The number of esters is 2. The molecule has 0 saturated carbocycles. The lowest BCUT2D eigenvalue weighted by atomic mass is 10.1. The van der Waals surface area contributed by atoms with Crippen LogP contribution in [-0.4, -0.2) is 74.9 Å². The molecule has 0 aliphatic rings. The van der Waals surface area contributed by atoms with Crippen LogP contribution >= 0.6 is 7.82 Å². The van der Waals surface area contributed by atoms with Crippen LogP contribution in [0.1, 0.15) is 219 Å². The highest BCUT2D eigenvalue weighted by molar-refractivity contribution is 7.47. The van der Waals surface area contributed by atoms with Crippen molar-refractivity contribution in [2.24, 2.45) is 0 Å². The highest BCUT2D eigenvalue weighted by Crippen LogP contribution is 2.43. The second-order valence-corrected chi connectivity index (χ2v) is 23.8. The molecule has 0 aromatic heterocycles. The van der Waals surface area contributed by atoms with Crippen LogP contribution < -0.4 is 0 Å². The Morgan fingerprint density at radius 3 is 0.930 bits per heavy atom. The minimum absolute atomic E-state index is 0.0136. The molecule has 0 aromatic rings. The second-order valence-electron chi connectivity index (χ2n) is 22.4. The van der Waals surface area contributed by atoms with Gasteiger partial charge in [-0.25, -0.2) is 4.57 Å². The molecule has 0 amide bonds. The maximum absolute atomic E-state index is 12.9. The largest absolute Gasteiger partial charge is 0.472 e. The summed E-state index contributed by atoms with van der Waals surface area (Å²) in [5.74, 6) is -0.853. The molecule has 0 aromatic carbocycles. The molecule has 0 rings (SSSR count). The van der Waals surface area contributed by atoms with Crippen molar-refractivity contribution < 1.29 is 42.1 Å². The van der Waals surface area contributed by atoms with Crippen LogP contribution in [0, 0.1) is 0 Å². The van der Waals surface area contributed by atoms with Crippen LogP contribution in [0.3, 0.4) is 0 Å². The average Bonchev–Trinajstić information content (AvgIpc) is 3.70. The Balaban J connectivity index is 4.25. The van der Waals surface area contributed by atoms with Crippen LogP contribution in [0.2, 0.25) is 0 Å². The van der Waals surface area contributed by atoms with E-state index in [-0.39, 0.29) is 26.1 Å². The number of carbonyl (C=O) groups is 2. The SMILES string of the molecule is CC/C=C\C/C=C\C/C=C\C/C=C\C/C=C\C/C=C\C/C=C\C/C=C\CCCCCCCCCCC(=O)OC(COC(=O)CCCCCC/C=C\C/C=C\C/C=C\C/C=C\C/C=C\C/C=C\C/C=C\C/C=C\CC)COP(=O)(O)OCC[N+](C)(C)C. The fourth-order valence-electron chi connectivity index (χ4n) is 8.10. The number of nitrogens with zero attached hydrogens (tertiary/aromatic N) is 1. The third-order valence-electron chi connectivity index (χ3n) is 13.1. The van der Waals surface area contributed by atoms with E-state index in [2.05, 4.69) is 208 Å². The third-order valence-corrected chi connectivity index (χ3v) is 14.1. The number of unbranched alkanes of at least 4 members (excludes halogenated alkanes) is 12. The van der Waals surface area contributed by atoms with Gasteiger partial charge in [0, 0.05) is 12.8 Å². The van der Waals surface area contributed by atoms with E-state index in [9.17, 15) is 19.0 Å². The smallest absolute Gasteiger partial charge is 0.462 e. The van der Waals surface area contributed by atoms with E-state index in [0.29, 0.717) is 23.9 Å². The molecule has 0 saturated heterocycles. The van der Waals surface area contributed by atoms with Crippen molar-refractivity contribution in [2.45, 2.75) is 225 Å². The van der Waals surface area contributed by atoms with Crippen molar-refractivity contribution in [3.8, 4) is 0 Å². The molecule has 0 spiro atoms. The highest BCUT2D eigenvalue weighted by atomic mass is 31.2. The molecule has 0 aliphatic heterocycles. The van der Waals surface area contributed by atoms with Crippen molar-refractivity contribution in [1.29, 1.82) is 0 Å². The third kappa shape index (κ3) is 68.0. The van der Waals surface area contributed by atoms with Crippen molar-refractivity contribution in [2.75, 3.05) is 47.5 Å². The summed E-state index contributed by atoms with van der Waals surface area (Å²) in [5, 5.41) is 0. The first kappa shape index (κ1) is 80.8. The maximum atomic E-state index is 12.9. The van der Waals surface area contributed by atoms with Crippen molar-refractivity contribution >= 4 is 19.8 Å². The van der Waals surface area contributed by atoms with Crippen LogP contribution in [0.4, 0.5) is 0 Å². The van der Waals surface area contributed by atoms with Crippen molar-refractivity contribution in [3.05, 3.63) is 194 Å². The number of ether oxygens (including phenoxy) is 2. The summed E-state index contributed by atoms with van der Waals surface area (Å²) >= 11 is 0. The Morgan fingerprint density at radius 1 is 0.360 bits per heavy atom. The lowest BCUT2D eigenvalue weighted by Crippen LogP contribution is -2.37. The first-order valence-corrected chi connectivity index (χ1v) is 34.7. The second kappa shape index (κ2) is 64.3. The zero-order chi connectivity index (χ0) is 62.6. The summed E-state index contributed by atoms with van der Waals surface area (Å²) in [6.07, 6.45) is 101. The minimum Gasteiger partial charge on any atom is -0.462 e. The summed E-state index contributed by atoms with van der Waals surface area (Å²) in [6.45, 7) is 4.13. The maximum Gasteiger partial charge on any atom is 0.472 e. The van der Waals surface area contributed by atoms with Gasteiger partial charge >= 0.3 is 19.8 Å². The van der Waals surface area contributed by atoms with E-state index in [0.717, 1.165) is 154 Å². The van der Waals surface area contributed by atoms with E-state index in [1.807, 2.05) is 21.1 Å². The van der Waals surface area contributed by atoms with E-state index < -0.39 is 32.5 Å². The normalized spacial score (nSPS) is 14.4. The van der Waals surface area contributed by atoms with Gasteiger partial charge in [-0.15, -0.1) is 0 Å². The fraction of sp³-hybridized carbons (Fsp3) is 0.553. The Bertz CT molecular complexity index is 2150. The fourth-order valence-corrected chi connectivity index (χ4v) is 8.85. The van der Waals surface area contributed by atoms with Crippen LogP contribution in [0.15, 0.2) is 194 Å². The number of hydrogen-bond acceptors (Lipinski definition) is 7. The van der Waals surface area contributed by atoms with Crippen LogP contribution in [0.25, 0.3) is 0 Å². The molecule has 9 nitrogen and oxygen atoms in total. The summed E-state index contributed by atoms with van der Waals surface area (Å²) in [5.41, 5.74) is 0. The number of quaternary nitrogens is 1. The molecule has 0 radical (unpaired) electrons. The first-order valence-electron chi connectivity index (χ1n) is 33.2. The summed E-state index contributed by atoms with van der Waals surface area (Å²) in [6, 6.07) is 0. The Hall–Kier alpha value is -5.15. The molecule has 2 atom stereocenters. The monoisotopic (exact) mass is 1210 g/mol. The van der Waals surface area contributed by atoms with Gasteiger partial charge in [0.2, 0.25) is 0 Å². The molecule has 0 heterocycles. The van der Waals surface area contributed by atoms with Gasteiger partial charge in [-0.1, -0.05) is 260 Å². The summed E-state index contributed by atoms with van der Waals surface area (Å²) in [7, 11) is 1.42. The number of rotatable bonds is 58. The van der Waals surface area contributed by atoms with Gasteiger partial charge in [0.1, 0.15) is 19.8 Å². The molecule has 86 heavy (non-hydrogen) atoms. The Kier molecular flexibility index (Phi) is 60.5. The number of phosphoric acid groups is 1. The van der Waals surface area contributed by atoms with Gasteiger partial charge in [0.25, 0.3) is 0 Å². The Morgan fingerprint density at radius 2 is 0.628 bits per heavy atom. The quantitative estimate of drug-likeness (QED) is 0.0211. The lowest BCUT2D eigenvalue weighted by Gasteiger charge is -2.24. The van der Waals surface area contributed by atoms with E-state index in [1.54, 1.807) is 0 Å². The predicted octanol–water partition coefficient (Wildman–Crippen LogP) is 21.7. The van der Waals surface area contributed by atoms with E-state index in [1.165, 1.54) is 25.7 Å². The highest BCUT2D eigenvalue weighted by Gasteiger charge is 2.27.